The minimum Gasteiger partial charge on any atom is -0.462 e. The molecule has 0 bridgehead atoms. The summed E-state index contributed by atoms with van der Waals surface area (Å²) >= 11 is 0. The lowest BCUT2D eigenvalue weighted by molar-refractivity contribution is -0.161. The van der Waals surface area contributed by atoms with Crippen LogP contribution in [0.4, 0.5) is 0 Å². The van der Waals surface area contributed by atoms with Gasteiger partial charge < -0.3 is 33.8 Å². The molecule has 0 saturated carbocycles. The van der Waals surface area contributed by atoms with Crippen LogP contribution in [-0.2, 0) is 65.4 Å². The summed E-state index contributed by atoms with van der Waals surface area (Å²) in [5, 5.41) is 10.7. The third kappa shape index (κ3) is 82.4. The molecule has 0 fully saturated rings. The summed E-state index contributed by atoms with van der Waals surface area (Å²) < 4.78 is 68.7. The first kappa shape index (κ1) is 107. The number of aliphatic hydroxyl groups is 1. The number of carbonyl (C=O) groups excluding carboxylic acids is 4. The average Bonchev–Trinajstić information content (AvgIpc) is 0.899. The molecule has 17 nitrogen and oxygen atoms in total. The average molecular weight is 1590 g/mol. The lowest BCUT2D eigenvalue weighted by atomic mass is 9.99. The van der Waals surface area contributed by atoms with Crippen LogP contribution in [0.3, 0.4) is 0 Å². The highest BCUT2D eigenvalue weighted by Gasteiger charge is 2.31. The van der Waals surface area contributed by atoms with E-state index in [2.05, 4.69) is 41.5 Å². The highest BCUT2D eigenvalue weighted by atomic mass is 31.2. The maximum atomic E-state index is 13.2. The molecule has 0 saturated heterocycles. The van der Waals surface area contributed by atoms with Gasteiger partial charge in [-0.15, -0.1) is 0 Å². The predicted octanol–water partition coefficient (Wildman–Crippen LogP) is 27.8. The molecule has 0 aromatic rings. The number of aliphatic hydroxyl groups excluding tert-OH is 1. The minimum absolute atomic E-state index is 0.108. The van der Waals surface area contributed by atoms with Gasteiger partial charge in [0.25, 0.3) is 0 Å². The van der Waals surface area contributed by atoms with Crippen molar-refractivity contribution in [2.75, 3.05) is 39.6 Å². The van der Waals surface area contributed by atoms with Crippen molar-refractivity contribution < 1.29 is 80.2 Å². The second kappa shape index (κ2) is 81.2. The minimum atomic E-state index is -4.97. The number of phosphoric ester groups is 2. The summed E-state index contributed by atoms with van der Waals surface area (Å²) in [7, 11) is -9.92. The molecular formula is C90H176O17P2. The van der Waals surface area contributed by atoms with Crippen LogP contribution in [0.15, 0.2) is 0 Å². The molecule has 0 aliphatic heterocycles. The van der Waals surface area contributed by atoms with Crippen molar-refractivity contribution >= 4 is 39.5 Å². The number of hydrogen-bond acceptors (Lipinski definition) is 15. The van der Waals surface area contributed by atoms with Crippen molar-refractivity contribution in [3.05, 3.63) is 0 Å². The number of unbranched alkanes of at least 4 members (excludes halogenated alkanes) is 58. The summed E-state index contributed by atoms with van der Waals surface area (Å²) in [6, 6.07) is 0. The van der Waals surface area contributed by atoms with E-state index >= 15 is 0 Å². The smallest absolute Gasteiger partial charge is 0.462 e. The van der Waals surface area contributed by atoms with Gasteiger partial charge >= 0.3 is 39.5 Å². The quantitative estimate of drug-likeness (QED) is 0.0222. The van der Waals surface area contributed by atoms with E-state index in [0.717, 1.165) is 108 Å². The van der Waals surface area contributed by atoms with Gasteiger partial charge in [-0.2, -0.15) is 0 Å². The number of esters is 4. The van der Waals surface area contributed by atoms with Crippen molar-refractivity contribution in [3.63, 3.8) is 0 Å². The predicted molar refractivity (Wildman–Crippen MR) is 451 cm³/mol. The van der Waals surface area contributed by atoms with Gasteiger partial charge in [-0.25, -0.2) is 9.13 Å². The topological polar surface area (TPSA) is 237 Å². The molecule has 0 radical (unpaired) electrons. The first-order chi connectivity index (χ1) is 52.9. The van der Waals surface area contributed by atoms with Crippen LogP contribution >= 0.6 is 15.6 Å². The Morgan fingerprint density at radius 1 is 0.266 bits per heavy atom. The standard InChI is InChI=1S/C90H176O17P2/c1-7-10-12-14-15-16-17-18-19-20-21-22-23-31-36-41-46-51-56-62-68-74-89(94)106-85(78-100-87(92)72-66-58-13-11-8-2)80-104-108(96,97)102-76-84(91)77-103-109(98,99)105-81-86(79-101-88(93)73-67-61-55-50-45-40-35-30-26-24-28-33-38-43-48-53-59-64-70-82(4)5)107-90(95)75-69-63-57-52-47-42-37-32-27-25-29-34-39-44-49-54-60-65-71-83(6)9-3/h82-86,91H,7-81H2,1-6H3,(H,96,97)(H,98,99)/t83?,84-,85+,86+/m0/s1. The van der Waals surface area contributed by atoms with Crippen molar-refractivity contribution in [2.45, 2.75) is 503 Å². The summed E-state index contributed by atoms with van der Waals surface area (Å²) in [5.74, 6) is -0.417. The monoisotopic (exact) mass is 1590 g/mol. The van der Waals surface area contributed by atoms with E-state index < -0.39 is 97.5 Å². The fraction of sp³-hybridized carbons (Fsp3) is 0.956. The Morgan fingerprint density at radius 3 is 0.697 bits per heavy atom. The summed E-state index contributed by atoms with van der Waals surface area (Å²) in [5.41, 5.74) is 0. The summed E-state index contributed by atoms with van der Waals surface area (Å²) in [6.07, 6.45) is 75.7. The van der Waals surface area contributed by atoms with Gasteiger partial charge in [-0.05, 0) is 37.5 Å². The van der Waals surface area contributed by atoms with Crippen LogP contribution < -0.4 is 0 Å². The molecule has 0 aromatic carbocycles. The number of carbonyl (C=O) groups is 4. The van der Waals surface area contributed by atoms with Crippen LogP contribution in [0.2, 0.25) is 0 Å². The zero-order valence-electron chi connectivity index (χ0n) is 71.9. The van der Waals surface area contributed by atoms with E-state index in [9.17, 15) is 43.2 Å². The van der Waals surface area contributed by atoms with Gasteiger partial charge in [-0.1, -0.05) is 433 Å². The van der Waals surface area contributed by atoms with Crippen LogP contribution in [0.5, 0.6) is 0 Å². The highest BCUT2D eigenvalue weighted by Crippen LogP contribution is 2.45. The second-order valence-electron chi connectivity index (χ2n) is 33.1. The molecule has 0 amide bonds. The summed E-state index contributed by atoms with van der Waals surface area (Å²) in [6.45, 7) is 9.70. The molecule has 0 aliphatic rings. The van der Waals surface area contributed by atoms with E-state index in [1.807, 2.05) is 0 Å². The Kier molecular flexibility index (Phi) is 79.8. The van der Waals surface area contributed by atoms with Gasteiger partial charge in [0.15, 0.2) is 12.2 Å². The lowest BCUT2D eigenvalue weighted by Crippen LogP contribution is -2.30. The number of ether oxygens (including phenoxy) is 4. The first-order valence-electron chi connectivity index (χ1n) is 46.5. The Labute approximate surface area is 670 Å². The molecule has 0 aliphatic carbocycles. The molecule has 0 spiro atoms. The third-order valence-electron chi connectivity index (χ3n) is 21.6. The second-order valence-corrected chi connectivity index (χ2v) is 36.0. The Balaban J connectivity index is 5.08. The maximum absolute atomic E-state index is 13.2. The zero-order chi connectivity index (χ0) is 79.9. The van der Waals surface area contributed by atoms with Crippen molar-refractivity contribution in [2.24, 2.45) is 11.8 Å². The fourth-order valence-electron chi connectivity index (χ4n) is 14.1. The van der Waals surface area contributed by atoms with Crippen LogP contribution in [0.25, 0.3) is 0 Å². The molecule has 19 heteroatoms. The van der Waals surface area contributed by atoms with E-state index in [1.54, 1.807) is 0 Å². The molecule has 3 unspecified atom stereocenters. The Morgan fingerprint density at radius 2 is 0.468 bits per heavy atom. The third-order valence-corrected chi connectivity index (χ3v) is 23.5. The van der Waals surface area contributed by atoms with E-state index in [-0.39, 0.29) is 25.7 Å². The maximum Gasteiger partial charge on any atom is 0.472 e. The number of hydrogen-bond donors (Lipinski definition) is 3. The molecule has 0 heterocycles. The van der Waals surface area contributed by atoms with Gasteiger partial charge in [-0.3, -0.25) is 37.3 Å². The largest absolute Gasteiger partial charge is 0.472 e. The molecular weight excluding hydrogens is 1410 g/mol. The van der Waals surface area contributed by atoms with Crippen LogP contribution in [0, 0.1) is 11.8 Å². The Hall–Kier alpha value is -1.94. The highest BCUT2D eigenvalue weighted by molar-refractivity contribution is 7.47. The number of rotatable bonds is 89. The van der Waals surface area contributed by atoms with Crippen molar-refractivity contribution in [3.8, 4) is 0 Å². The van der Waals surface area contributed by atoms with E-state index in [4.69, 9.17) is 37.0 Å². The SMILES string of the molecule is CCCCCCCCCCCCCCCCCCCCCCCC(=O)O[C@H](COC(=O)CCCCCCC)COP(=O)(O)OC[C@H](O)COP(=O)(O)OC[C@@H](COC(=O)CCCCCCCCCCCCCCCCCCCCC(C)C)OC(=O)CCCCCCCCCCCCCCCCCCCCC(C)CC. The lowest BCUT2D eigenvalue weighted by Gasteiger charge is -2.21. The van der Waals surface area contributed by atoms with E-state index in [0.29, 0.717) is 25.7 Å². The van der Waals surface area contributed by atoms with E-state index in [1.165, 1.54) is 295 Å². The Bertz CT molecular complexity index is 2080. The van der Waals surface area contributed by atoms with Crippen molar-refractivity contribution in [1.82, 2.24) is 0 Å². The van der Waals surface area contributed by atoms with Crippen LogP contribution in [0.1, 0.15) is 485 Å². The molecule has 0 rings (SSSR count). The number of phosphoric acid groups is 2. The van der Waals surface area contributed by atoms with Crippen LogP contribution in [-0.4, -0.2) is 96.7 Å². The molecule has 0 aromatic heterocycles. The molecule has 3 N–H and O–H groups in total. The molecule has 109 heavy (non-hydrogen) atoms. The fourth-order valence-corrected chi connectivity index (χ4v) is 15.7. The van der Waals surface area contributed by atoms with Gasteiger partial charge in [0.2, 0.25) is 0 Å². The normalized spacial score (nSPS) is 14.0. The summed E-state index contributed by atoms with van der Waals surface area (Å²) in [4.78, 5) is 73.0. The van der Waals surface area contributed by atoms with Gasteiger partial charge in [0.1, 0.15) is 19.3 Å². The molecule has 648 valence electrons. The van der Waals surface area contributed by atoms with Gasteiger partial charge in [0, 0.05) is 25.7 Å². The van der Waals surface area contributed by atoms with Crippen molar-refractivity contribution in [1.29, 1.82) is 0 Å². The molecule has 6 atom stereocenters. The first-order valence-corrected chi connectivity index (χ1v) is 49.5. The zero-order valence-corrected chi connectivity index (χ0v) is 73.7. The van der Waals surface area contributed by atoms with Gasteiger partial charge in [0.05, 0.1) is 26.4 Å².